The van der Waals surface area contributed by atoms with Crippen molar-refractivity contribution >= 4 is 15.9 Å². The average Bonchev–Trinajstić information content (AvgIpc) is 3.10. The van der Waals surface area contributed by atoms with Crippen molar-refractivity contribution in [3.8, 4) is 11.5 Å². The minimum Gasteiger partial charge on any atom is -0.334 e. The van der Waals surface area contributed by atoms with Crippen LogP contribution >= 0.6 is 15.9 Å². The summed E-state index contributed by atoms with van der Waals surface area (Å²) in [5, 5.41) is 12.0. The number of hydrogen-bond donors (Lipinski definition) is 0. The molecule has 0 amide bonds. The molecule has 0 spiro atoms. The quantitative estimate of drug-likeness (QED) is 0.686. The van der Waals surface area contributed by atoms with Gasteiger partial charge in [0.25, 0.3) is 5.89 Å². The molecule has 1 aromatic carbocycles. The lowest BCUT2D eigenvalue weighted by atomic mass is 10.2. The maximum atomic E-state index is 5.25. The van der Waals surface area contributed by atoms with Gasteiger partial charge >= 0.3 is 0 Å². The van der Waals surface area contributed by atoms with E-state index in [1.807, 2.05) is 43.5 Å². The van der Waals surface area contributed by atoms with Crippen LogP contribution in [0.15, 0.2) is 41.1 Å². The number of hydrogen-bond acceptors (Lipinski definition) is 5. The standard InChI is InChI=1S/C13H12BrN5O/c1-9(14)11-7-19(18-16-11)8-12-15-13(20-17-12)10-5-3-2-4-6-10/h2-7,9H,8H2,1H3. The molecule has 0 saturated heterocycles. The molecule has 102 valence electrons. The lowest BCUT2D eigenvalue weighted by molar-refractivity contribution is 0.418. The molecule has 0 saturated carbocycles. The normalized spacial score (nSPS) is 12.5. The highest BCUT2D eigenvalue weighted by atomic mass is 79.9. The van der Waals surface area contributed by atoms with Crippen molar-refractivity contribution in [3.63, 3.8) is 0 Å². The summed E-state index contributed by atoms with van der Waals surface area (Å²) >= 11 is 3.45. The molecule has 0 N–H and O–H groups in total. The van der Waals surface area contributed by atoms with Gasteiger partial charge in [-0.2, -0.15) is 4.98 Å². The summed E-state index contributed by atoms with van der Waals surface area (Å²) in [6.07, 6.45) is 1.86. The first-order valence-corrected chi connectivity index (χ1v) is 7.06. The number of benzene rings is 1. The molecule has 0 bridgehead atoms. The Bertz CT molecular complexity index is 692. The molecule has 6 nitrogen and oxygen atoms in total. The zero-order valence-corrected chi connectivity index (χ0v) is 12.4. The first-order valence-electron chi connectivity index (χ1n) is 6.14. The Morgan fingerprint density at radius 2 is 2.10 bits per heavy atom. The van der Waals surface area contributed by atoms with E-state index in [0.717, 1.165) is 11.3 Å². The Morgan fingerprint density at radius 1 is 1.30 bits per heavy atom. The Labute approximate surface area is 123 Å². The predicted octanol–water partition coefficient (Wildman–Crippen LogP) is 2.83. The Balaban J connectivity index is 1.77. The van der Waals surface area contributed by atoms with E-state index < -0.39 is 0 Å². The van der Waals surface area contributed by atoms with Crippen LogP contribution in [-0.4, -0.2) is 25.1 Å². The second kappa shape index (κ2) is 5.54. The van der Waals surface area contributed by atoms with Gasteiger partial charge in [0.15, 0.2) is 5.82 Å². The lowest BCUT2D eigenvalue weighted by Crippen LogP contribution is -2.02. The maximum absolute atomic E-state index is 5.25. The summed E-state index contributed by atoms with van der Waals surface area (Å²) in [5.41, 5.74) is 1.77. The highest BCUT2D eigenvalue weighted by molar-refractivity contribution is 9.09. The van der Waals surface area contributed by atoms with Crippen molar-refractivity contribution < 1.29 is 4.52 Å². The predicted molar refractivity (Wildman–Crippen MR) is 76.2 cm³/mol. The minimum absolute atomic E-state index is 0.168. The van der Waals surface area contributed by atoms with Crippen LogP contribution in [-0.2, 0) is 6.54 Å². The third kappa shape index (κ3) is 2.77. The molecule has 1 unspecified atom stereocenters. The molecule has 2 aromatic heterocycles. The summed E-state index contributed by atoms with van der Waals surface area (Å²) in [6, 6.07) is 9.66. The summed E-state index contributed by atoms with van der Waals surface area (Å²) in [5.74, 6) is 1.08. The fourth-order valence-electron chi connectivity index (χ4n) is 1.73. The highest BCUT2D eigenvalue weighted by Gasteiger charge is 2.11. The molecule has 2 heterocycles. The summed E-state index contributed by atoms with van der Waals surface area (Å²) in [4.78, 5) is 4.52. The molecular formula is C13H12BrN5O. The minimum atomic E-state index is 0.168. The van der Waals surface area contributed by atoms with E-state index in [1.165, 1.54) is 0 Å². The summed E-state index contributed by atoms with van der Waals surface area (Å²) in [7, 11) is 0. The van der Waals surface area contributed by atoms with Gasteiger partial charge in [-0.25, -0.2) is 4.68 Å². The summed E-state index contributed by atoms with van der Waals surface area (Å²) < 4.78 is 6.93. The second-order valence-corrected chi connectivity index (χ2v) is 5.71. The number of alkyl halides is 1. The largest absolute Gasteiger partial charge is 0.334 e. The Morgan fingerprint density at radius 3 is 2.80 bits per heavy atom. The van der Waals surface area contributed by atoms with E-state index in [2.05, 4.69) is 36.4 Å². The molecule has 3 aromatic rings. The van der Waals surface area contributed by atoms with Crippen molar-refractivity contribution in [1.29, 1.82) is 0 Å². The number of aromatic nitrogens is 5. The molecule has 0 aliphatic heterocycles. The zero-order chi connectivity index (χ0) is 13.9. The van der Waals surface area contributed by atoms with Crippen molar-refractivity contribution in [2.24, 2.45) is 0 Å². The van der Waals surface area contributed by atoms with Crippen molar-refractivity contribution in [1.82, 2.24) is 25.1 Å². The number of halogens is 1. The first kappa shape index (κ1) is 13.0. The number of nitrogens with zero attached hydrogens (tertiary/aromatic N) is 5. The smallest absolute Gasteiger partial charge is 0.257 e. The first-order chi connectivity index (χ1) is 9.72. The number of rotatable bonds is 4. The van der Waals surface area contributed by atoms with E-state index in [-0.39, 0.29) is 4.83 Å². The third-order valence-electron chi connectivity index (χ3n) is 2.76. The monoisotopic (exact) mass is 333 g/mol. The fourth-order valence-corrected chi connectivity index (χ4v) is 1.94. The highest BCUT2D eigenvalue weighted by Crippen LogP contribution is 2.19. The van der Waals surface area contributed by atoms with Gasteiger partial charge in [0.1, 0.15) is 6.54 Å². The van der Waals surface area contributed by atoms with Crippen LogP contribution in [0.1, 0.15) is 23.3 Å². The van der Waals surface area contributed by atoms with Crippen LogP contribution < -0.4 is 0 Å². The topological polar surface area (TPSA) is 69.6 Å². The molecule has 20 heavy (non-hydrogen) atoms. The van der Waals surface area contributed by atoms with Crippen molar-refractivity contribution in [3.05, 3.63) is 48.0 Å². The van der Waals surface area contributed by atoms with Crippen LogP contribution in [0, 0.1) is 0 Å². The van der Waals surface area contributed by atoms with Crippen LogP contribution in [0.5, 0.6) is 0 Å². The third-order valence-corrected chi connectivity index (χ3v) is 3.23. The lowest BCUT2D eigenvalue weighted by Gasteiger charge is -1.94. The maximum Gasteiger partial charge on any atom is 0.257 e. The van der Waals surface area contributed by atoms with Gasteiger partial charge in [-0.1, -0.05) is 44.5 Å². The van der Waals surface area contributed by atoms with Crippen LogP contribution in [0.25, 0.3) is 11.5 Å². The van der Waals surface area contributed by atoms with E-state index in [4.69, 9.17) is 4.52 Å². The van der Waals surface area contributed by atoms with Gasteiger partial charge < -0.3 is 4.52 Å². The molecule has 1 atom stereocenters. The Hall–Kier alpha value is -2.02. The SMILES string of the molecule is CC(Br)c1cn(Cc2noc(-c3ccccc3)n2)nn1. The molecule has 0 aliphatic carbocycles. The average molecular weight is 334 g/mol. The van der Waals surface area contributed by atoms with Crippen LogP contribution in [0.3, 0.4) is 0 Å². The van der Waals surface area contributed by atoms with Crippen molar-refractivity contribution in [2.75, 3.05) is 0 Å². The molecule has 7 heteroatoms. The van der Waals surface area contributed by atoms with Gasteiger partial charge in [0, 0.05) is 5.56 Å². The van der Waals surface area contributed by atoms with Crippen LogP contribution in [0.4, 0.5) is 0 Å². The van der Waals surface area contributed by atoms with Gasteiger partial charge in [-0.3, -0.25) is 0 Å². The molecule has 3 rings (SSSR count). The van der Waals surface area contributed by atoms with Gasteiger partial charge in [-0.05, 0) is 19.1 Å². The Kier molecular flexibility index (Phi) is 3.60. The molecule has 0 fully saturated rings. The van der Waals surface area contributed by atoms with Gasteiger partial charge in [-0.15, -0.1) is 5.10 Å². The van der Waals surface area contributed by atoms with E-state index in [1.54, 1.807) is 4.68 Å². The molecule has 0 aliphatic rings. The van der Waals surface area contributed by atoms with Crippen LogP contribution in [0.2, 0.25) is 0 Å². The summed E-state index contributed by atoms with van der Waals surface area (Å²) in [6.45, 7) is 2.43. The zero-order valence-electron chi connectivity index (χ0n) is 10.8. The molecular weight excluding hydrogens is 322 g/mol. The van der Waals surface area contributed by atoms with Gasteiger partial charge in [0.2, 0.25) is 0 Å². The van der Waals surface area contributed by atoms with E-state index in [9.17, 15) is 0 Å². The van der Waals surface area contributed by atoms with Crippen molar-refractivity contribution in [2.45, 2.75) is 18.3 Å². The second-order valence-electron chi connectivity index (χ2n) is 4.34. The fraction of sp³-hybridized carbons (Fsp3) is 0.231. The van der Waals surface area contributed by atoms with E-state index in [0.29, 0.717) is 18.3 Å². The molecule has 0 radical (unpaired) electrons. The van der Waals surface area contributed by atoms with Gasteiger partial charge in [0.05, 0.1) is 16.7 Å². The van der Waals surface area contributed by atoms with E-state index >= 15 is 0 Å².